The van der Waals surface area contributed by atoms with Crippen LogP contribution in [0.2, 0.25) is 0 Å². The molecule has 1 aliphatic heterocycles. The second-order valence-electron chi connectivity index (χ2n) is 3.86. The standard InChI is InChI=1S/C12H16O3/c1-14-12(6-8-15-9-7-12)10-2-4-11(13)5-3-10/h2-5,13H,6-9H2,1H3. The highest BCUT2D eigenvalue weighted by molar-refractivity contribution is 5.30. The van der Waals surface area contributed by atoms with E-state index in [0.717, 1.165) is 31.6 Å². The predicted octanol–water partition coefficient (Wildman–Crippen LogP) is 2.04. The summed E-state index contributed by atoms with van der Waals surface area (Å²) in [4.78, 5) is 0. The van der Waals surface area contributed by atoms with Crippen molar-refractivity contribution in [1.82, 2.24) is 0 Å². The van der Waals surface area contributed by atoms with E-state index >= 15 is 0 Å². The number of phenolic OH excluding ortho intramolecular Hbond substituents is 1. The number of methoxy groups -OCH3 is 1. The third kappa shape index (κ3) is 1.98. The van der Waals surface area contributed by atoms with Crippen LogP contribution in [0.4, 0.5) is 0 Å². The lowest BCUT2D eigenvalue weighted by Gasteiger charge is -2.36. The SMILES string of the molecule is COC1(c2ccc(O)cc2)CCOCC1. The molecule has 0 radical (unpaired) electrons. The molecule has 0 aliphatic carbocycles. The molecule has 15 heavy (non-hydrogen) atoms. The van der Waals surface area contributed by atoms with Crippen LogP contribution in [0.15, 0.2) is 24.3 Å². The summed E-state index contributed by atoms with van der Waals surface area (Å²) in [5, 5.41) is 9.25. The number of ether oxygens (including phenoxy) is 2. The van der Waals surface area contributed by atoms with Crippen molar-refractivity contribution < 1.29 is 14.6 Å². The van der Waals surface area contributed by atoms with Gasteiger partial charge in [0.15, 0.2) is 0 Å². The molecule has 1 aliphatic rings. The van der Waals surface area contributed by atoms with E-state index in [4.69, 9.17) is 9.47 Å². The summed E-state index contributed by atoms with van der Waals surface area (Å²) in [7, 11) is 1.73. The summed E-state index contributed by atoms with van der Waals surface area (Å²) in [5.74, 6) is 0.289. The smallest absolute Gasteiger partial charge is 0.115 e. The van der Waals surface area contributed by atoms with Crippen molar-refractivity contribution in [2.75, 3.05) is 20.3 Å². The molecule has 0 saturated carbocycles. The lowest BCUT2D eigenvalue weighted by Crippen LogP contribution is -2.35. The molecule has 1 fully saturated rings. The summed E-state index contributed by atoms with van der Waals surface area (Å²) in [6.45, 7) is 1.46. The van der Waals surface area contributed by atoms with Crippen LogP contribution in [0.5, 0.6) is 5.75 Å². The predicted molar refractivity (Wildman–Crippen MR) is 56.8 cm³/mol. The maximum Gasteiger partial charge on any atom is 0.115 e. The van der Waals surface area contributed by atoms with E-state index in [1.807, 2.05) is 12.1 Å². The van der Waals surface area contributed by atoms with Gasteiger partial charge in [0.2, 0.25) is 0 Å². The summed E-state index contributed by atoms with van der Waals surface area (Å²) in [6, 6.07) is 7.24. The number of rotatable bonds is 2. The summed E-state index contributed by atoms with van der Waals surface area (Å²) in [5.41, 5.74) is 0.887. The Balaban J connectivity index is 2.28. The van der Waals surface area contributed by atoms with Crippen molar-refractivity contribution in [2.24, 2.45) is 0 Å². The minimum absolute atomic E-state index is 0.230. The lowest BCUT2D eigenvalue weighted by atomic mass is 9.86. The summed E-state index contributed by atoms with van der Waals surface area (Å²) in [6.07, 6.45) is 1.74. The van der Waals surface area contributed by atoms with Crippen LogP contribution < -0.4 is 0 Å². The van der Waals surface area contributed by atoms with Crippen LogP contribution in [-0.4, -0.2) is 25.4 Å². The molecule has 0 atom stereocenters. The molecule has 1 heterocycles. The van der Waals surface area contributed by atoms with Crippen molar-refractivity contribution >= 4 is 0 Å². The first-order valence-corrected chi connectivity index (χ1v) is 5.19. The highest BCUT2D eigenvalue weighted by Gasteiger charge is 2.34. The minimum Gasteiger partial charge on any atom is -0.508 e. The molecule has 1 saturated heterocycles. The van der Waals surface area contributed by atoms with Gasteiger partial charge in [-0.25, -0.2) is 0 Å². The van der Waals surface area contributed by atoms with E-state index in [1.54, 1.807) is 19.2 Å². The largest absolute Gasteiger partial charge is 0.508 e. The van der Waals surface area contributed by atoms with Crippen molar-refractivity contribution in [2.45, 2.75) is 18.4 Å². The monoisotopic (exact) mass is 208 g/mol. The lowest BCUT2D eigenvalue weighted by molar-refractivity contribution is -0.0947. The molecule has 0 aromatic heterocycles. The Hall–Kier alpha value is -1.06. The molecular weight excluding hydrogens is 192 g/mol. The minimum atomic E-state index is -0.230. The molecule has 2 rings (SSSR count). The van der Waals surface area contributed by atoms with E-state index < -0.39 is 0 Å². The van der Waals surface area contributed by atoms with Crippen LogP contribution in [0.1, 0.15) is 18.4 Å². The van der Waals surface area contributed by atoms with Crippen LogP contribution in [-0.2, 0) is 15.1 Å². The fraction of sp³-hybridized carbons (Fsp3) is 0.500. The fourth-order valence-electron chi connectivity index (χ4n) is 2.08. The molecule has 0 spiro atoms. The Morgan fingerprint density at radius 2 is 1.80 bits per heavy atom. The maximum atomic E-state index is 9.25. The first-order chi connectivity index (χ1) is 7.27. The van der Waals surface area contributed by atoms with Gasteiger partial charge in [0.05, 0.1) is 5.60 Å². The molecule has 3 heteroatoms. The Morgan fingerprint density at radius 3 is 2.33 bits per heavy atom. The highest BCUT2D eigenvalue weighted by Crippen LogP contribution is 2.35. The van der Waals surface area contributed by atoms with Gasteiger partial charge in [0.25, 0.3) is 0 Å². The topological polar surface area (TPSA) is 38.7 Å². The van der Waals surface area contributed by atoms with Gasteiger partial charge in [0.1, 0.15) is 5.75 Å². The quantitative estimate of drug-likeness (QED) is 0.808. The zero-order chi connectivity index (χ0) is 10.7. The Bertz CT molecular complexity index is 312. The van der Waals surface area contributed by atoms with Crippen molar-refractivity contribution in [3.05, 3.63) is 29.8 Å². The normalized spacial score (nSPS) is 20.1. The zero-order valence-corrected chi connectivity index (χ0v) is 8.90. The van der Waals surface area contributed by atoms with Gasteiger partial charge in [-0.05, 0) is 17.7 Å². The van der Waals surface area contributed by atoms with Crippen LogP contribution >= 0.6 is 0 Å². The second kappa shape index (κ2) is 4.21. The first-order valence-electron chi connectivity index (χ1n) is 5.19. The number of benzene rings is 1. The molecule has 82 valence electrons. The van der Waals surface area contributed by atoms with E-state index in [1.165, 1.54) is 0 Å². The summed E-state index contributed by atoms with van der Waals surface area (Å²) < 4.78 is 11.0. The van der Waals surface area contributed by atoms with E-state index in [-0.39, 0.29) is 11.4 Å². The van der Waals surface area contributed by atoms with Crippen molar-refractivity contribution in [3.63, 3.8) is 0 Å². The van der Waals surface area contributed by atoms with Gasteiger partial charge in [0, 0.05) is 33.2 Å². The summed E-state index contributed by atoms with van der Waals surface area (Å²) >= 11 is 0. The Labute approximate surface area is 89.6 Å². The molecule has 0 unspecified atom stereocenters. The first kappa shape index (κ1) is 10.5. The van der Waals surface area contributed by atoms with E-state index in [9.17, 15) is 5.11 Å². The number of phenols is 1. The van der Waals surface area contributed by atoms with Crippen molar-refractivity contribution in [1.29, 1.82) is 0 Å². The van der Waals surface area contributed by atoms with Gasteiger partial charge in [-0.1, -0.05) is 12.1 Å². The average Bonchev–Trinajstić information content (AvgIpc) is 2.31. The van der Waals surface area contributed by atoms with Gasteiger partial charge in [-0.2, -0.15) is 0 Å². The van der Waals surface area contributed by atoms with Gasteiger partial charge in [-0.3, -0.25) is 0 Å². The molecule has 1 aromatic rings. The third-order valence-electron chi connectivity index (χ3n) is 3.08. The number of aromatic hydroxyl groups is 1. The third-order valence-corrected chi connectivity index (χ3v) is 3.08. The van der Waals surface area contributed by atoms with Crippen LogP contribution in [0.25, 0.3) is 0 Å². The molecular formula is C12H16O3. The Kier molecular flexibility index (Phi) is 2.93. The van der Waals surface area contributed by atoms with E-state index in [2.05, 4.69) is 0 Å². The molecule has 1 aromatic carbocycles. The average molecular weight is 208 g/mol. The fourth-order valence-corrected chi connectivity index (χ4v) is 2.08. The van der Waals surface area contributed by atoms with Gasteiger partial charge >= 0.3 is 0 Å². The maximum absolute atomic E-state index is 9.25. The van der Waals surface area contributed by atoms with Crippen LogP contribution in [0.3, 0.4) is 0 Å². The van der Waals surface area contributed by atoms with Gasteiger partial charge < -0.3 is 14.6 Å². The second-order valence-corrected chi connectivity index (χ2v) is 3.86. The zero-order valence-electron chi connectivity index (χ0n) is 8.90. The molecule has 1 N–H and O–H groups in total. The molecule has 0 amide bonds. The van der Waals surface area contributed by atoms with Gasteiger partial charge in [-0.15, -0.1) is 0 Å². The molecule has 0 bridgehead atoms. The number of hydrogen-bond acceptors (Lipinski definition) is 3. The van der Waals surface area contributed by atoms with E-state index in [0.29, 0.717) is 0 Å². The Morgan fingerprint density at radius 1 is 1.20 bits per heavy atom. The van der Waals surface area contributed by atoms with Crippen molar-refractivity contribution in [3.8, 4) is 5.75 Å². The highest BCUT2D eigenvalue weighted by atomic mass is 16.5. The molecule has 3 nitrogen and oxygen atoms in total. The van der Waals surface area contributed by atoms with Crippen LogP contribution in [0, 0.1) is 0 Å². The number of hydrogen-bond donors (Lipinski definition) is 1.